The first-order chi connectivity index (χ1) is 8.94. The van der Waals surface area contributed by atoms with E-state index in [0.29, 0.717) is 12.6 Å². The molecule has 0 unspecified atom stereocenters. The van der Waals surface area contributed by atoms with E-state index in [2.05, 4.69) is 25.6 Å². The van der Waals surface area contributed by atoms with Crippen LogP contribution in [0.25, 0.3) is 0 Å². The molecule has 1 rings (SSSR count). The average Bonchev–Trinajstić information content (AvgIpc) is 2.34. The number of ether oxygens (including phenoxy) is 1. The van der Waals surface area contributed by atoms with Gasteiger partial charge in [0.15, 0.2) is 0 Å². The van der Waals surface area contributed by atoms with Crippen molar-refractivity contribution in [3.05, 3.63) is 0 Å². The van der Waals surface area contributed by atoms with Gasteiger partial charge in [0, 0.05) is 13.6 Å². The van der Waals surface area contributed by atoms with Gasteiger partial charge in [-0.2, -0.15) is 15.0 Å². The fraction of sp³-hybridized carbons (Fsp3) is 0.667. The van der Waals surface area contributed by atoms with Crippen molar-refractivity contribution >= 4 is 21.9 Å². The molecule has 0 saturated carbocycles. The topological polar surface area (TPSA) is 132 Å². The largest absolute Gasteiger partial charge is 0.463 e. The summed E-state index contributed by atoms with van der Waals surface area (Å²) in [7, 11) is -1.86. The highest BCUT2D eigenvalue weighted by Gasteiger charge is 2.07. The van der Waals surface area contributed by atoms with Crippen molar-refractivity contribution < 1.29 is 13.2 Å². The van der Waals surface area contributed by atoms with Gasteiger partial charge in [-0.25, -0.2) is 13.6 Å². The van der Waals surface area contributed by atoms with Crippen molar-refractivity contribution in [1.82, 2.24) is 15.0 Å². The van der Waals surface area contributed by atoms with Crippen LogP contribution in [0.4, 0.5) is 11.9 Å². The molecule has 1 aromatic heterocycles. The Labute approximate surface area is 112 Å². The van der Waals surface area contributed by atoms with Gasteiger partial charge in [0.2, 0.25) is 21.9 Å². The van der Waals surface area contributed by atoms with Gasteiger partial charge in [0.25, 0.3) is 0 Å². The monoisotopic (exact) mass is 290 g/mol. The van der Waals surface area contributed by atoms with E-state index >= 15 is 0 Å². The summed E-state index contributed by atoms with van der Waals surface area (Å²) < 4.78 is 26.9. The number of primary sulfonamides is 1. The van der Waals surface area contributed by atoms with Crippen LogP contribution in [0.2, 0.25) is 0 Å². The lowest BCUT2D eigenvalue weighted by atomic mass is 10.5. The number of sulfonamides is 1. The predicted molar refractivity (Wildman–Crippen MR) is 71.6 cm³/mol. The smallest absolute Gasteiger partial charge is 0.323 e. The quantitative estimate of drug-likeness (QED) is 0.578. The molecule has 4 N–H and O–H groups in total. The van der Waals surface area contributed by atoms with Crippen LogP contribution in [0.1, 0.15) is 13.3 Å². The zero-order chi connectivity index (χ0) is 14.3. The standard InChI is InChI=1S/C9H18N6O3S/c1-3-5-18-9-14-7(11-2)13-8(15-9)12-4-6-19(10,16)17/h3-6H2,1-2H3,(H2,10,16,17)(H2,11,12,13,14,15). The minimum Gasteiger partial charge on any atom is -0.463 e. The minimum absolute atomic E-state index is 0.110. The summed E-state index contributed by atoms with van der Waals surface area (Å²) in [4.78, 5) is 12.0. The summed E-state index contributed by atoms with van der Waals surface area (Å²) in [5.41, 5.74) is 0. The Morgan fingerprint density at radius 3 is 2.53 bits per heavy atom. The second-order valence-corrected chi connectivity index (χ2v) is 5.39. The normalized spacial score (nSPS) is 11.1. The molecule has 0 saturated heterocycles. The Morgan fingerprint density at radius 1 is 1.26 bits per heavy atom. The lowest BCUT2D eigenvalue weighted by molar-refractivity contribution is 0.292. The number of hydrogen-bond acceptors (Lipinski definition) is 8. The van der Waals surface area contributed by atoms with E-state index in [1.54, 1.807) is 7.05 Å². The van der Waals surface area contributed by atoms with Gasteiger partial charge in [-0.15, -0.1) is 0 Å². The van der Waals surface area contributed by atoms with E-state index in [1.165, 1.54) is 0 Å². The van der Waals surface area contributed by atoms with E-state index in [4.69, 9.17) is 9.88 Å². The number of hydrogen-bond donors (Lipinski definition) is 3. The lowest BCUT2D eigenvalue weighted by Gasteiger charge is -2.08. The molecule has 0 atom stereocenters. The third-order valence-corrected chi connectivity index (χ3v) is 2.72. The Hall–Kier alpha value is -1.68. The SMILES string of the molecule is CCCOc1nc(NC)nc(NCCS(N)(=O)=O)n1. The molecule has 1 heterocycles. The van der Waals surface area contributed by atoms with E-state index in [-0.39, 0.29) is 24.3 Å². The van der Waals surface area contributed by atoms with E-state index in [9.17, 15) is 8.42 Å². The van der Waals surface area contributed by atoms with Gasteiger partial charge in [-0.3, -0.25) is 0 Å². The van der Waals surface area contributed by atoms with Gasteiger partial charge in [-0.1, -0.05) is 6.92 Å². The fourth-order valence-corrected chi connectivity index (χ4v) is 1.50. The van der Waals surface area contributed by atoms with Gasteiger partial charge >= 0.3 is 6.01 Å². The molecule has 1 aromatic rings. The second kappa shape index (κ2) is 7.04. The molecule has 19 heavy (non-hydrogen) atoms. The molecule has 0 aliphatic carbocycles. The highest BCUT2D eigenvalue weighted by Crippen LogP contribution is 2.10. The third-order valence-electron chi connectivity index (χ3n) is 1.94. The molecule has 9 nitrogen and oxygen atoms in total. The molecule has 0 aromatic carbocycles. The van der Waals surface area contributed by atoms with Crippen LogP contribution < -0.4 is 20.5 Å². The first kappa shape index (κ1) is 15.4. The molecule has 0 spiro atoms. The summed E-state index contributed by atoms with van der Waals surface area (Å²) in [6.45, 7) is 2.56. The first-order valence-electron chi connectivity index (χ1n) is 5.75. The number of aromatic nitrogens is 3. The van der Waals surface area contributed by atoms with E-state index < -0.39 is 10.0 Å². The maximum absolute atomic E-state index is 10.8. The zero-order valence-electron chi connectivity index (χ0n) is 10.9. The highest BCUT2D eigenvalue weighted by molar-refractivity contribution is 7.89. The van der Waals surface area contributed by atoms with Crippen molar-refractivity contribution in [3.63, 3.8) is 0 Å². The zero-order valence-corrected chi connectivity index (χ0v) is 11.7. The molecule has 0 bridgehead atoms. The molecular formula is C9H18N6O3S. The van der Waals surface area contributed by atoms with Crippen LogP contribution in [0.15, 0.2) is 0 Å². The van der Waals surface area contributed by atoms with Crippen molar-refractivity contribution in [1.29, 1.82) is 0 Å². The summed E-state index contributed by atoms with van der Waals surface area (Å²) in [6.07, 6.45) is 0.828. The number of nitrogens with two attached hydrogens (primary N) is 1. The maximum atomic E-state index is 10.8. The minimum atomic E-state index is -3.51. The van der Waals surface area contributed by atoms with Crippen molar-refractivity contribution in [2.24, 2.45) is 5.14 Å². The molecule has 0 aliphatic heterocycles. The molecule has 108 valence electrons. The van der Waals surface area contributed by atoms with Gasteiger partial charge in [0.05, 0.1) is 12.4 Å². The molecule has 10 heteroatoms. The summed E-state index contributed by atoms with van der Waals surface area (Å²) >= 11 is 0. The second-order valence-electron chi connectivity index (χ2n) is 3.66. The van der Waals surface area contributed by atoms with E-state index in [1.807, 2.05) is 6.92 Å². The van der Waals surface area contributed by atoms with Crippen molar-refractivity contribution in [2.75, 3.05) is 36.6 Å². The van der Waals surface area contributed by atoms with Crippen LogP contribution in [0.5, 0.6) is 6.01 Å². The van der Waals surface area contributed by atoms with E-state index in [0.717, 1.165) is 6.42 Å². The number of nitrogens with zero attached hydrogens (tertiary/aromatic N) is 3. The fourth-order valence-electron chi connectivity index (χ4n) is 1.11. The maximum Gasteiger partial charge on any atom is 0.323 e. The van der Waals surface area contributed by atoms with Gasteiger partial charge < -0.3 is 15.4 Å². The summed E-state index contributed by atoms with van der Waals surface area (Å²) in [5.74, 6) is 0.354. The predicted octanol–water partition coefficient (Wildman–Crippen LogP) is -0.597. The molecule has 0 aliphatic rings. The number of nitrogens with one attached hydrogen (secondary N) is 2. The van der Waals surface area contributed by atoms with Crippen molar-refractivity contribution in [3.8, 4) is 6.01 Å². The molecule has 0 fully saturated rings. The Balaban J connectivity index is 2.70. The summed E-state index contributed by atoms with van der Waals surface area (Å²) in [5, 5.41) is 10.4. The van der Waals surface area contributed by atoms with Crippen LogP contribution in [0.3, 0.4) is 0 Å². The summed E-state index contributed by atoms with van der Waals surface area (Å²) in [6, 6.07) is 0.180. The molecule has 0 radical (unpaired) electrons. The Kier molecular flexibility index (Phi) is 5.70. The highest BCUT2D eigenvalue weighted by atomic mass is 32.2. The average molecular weight is 290 g/mol. The number of anilines is 2. The molecular weight excluding hydrogens is 272 g/mol. The Bertz CT molecular complexity index is 507. The van der Waals surface area contributed by atoms with Crippen LogP contribution in [-0.2, 0) is 10.0 Å². The van der Waals surface area contributed by atoms with Crippen LogP contribution >= 0.6 is 0 Å². The lowest BCUT2D eigenvalue weighted by Crippen LogP contribution is -2.23. The number of rotatable bonds is 8. The van der Waals surface area contributed by atoms with Crippen LogP contribution in [-0.4, -0.2) is 49.3 Å². The van der Waals surface area contributed by atoms with Crippen LogP contribution in [0, 0.1) is 0 Å². The molecule has 0 amide bonds. The Morgan fingerprint density at radius 2 is 1.95 bits per heavy atom. The third kappa shape index (κ3) is 6.15. The van der Waals surface area contributed by atoms with Gasteiger partial charge in [0.1, 0.15) is 0 Å². The van der Waals surface area contributed by atoms with Gasteiger partial charge in [-0.05, 0) is 6.42 Å². The van der Waals surface area contributed by atoms with Crippen molar-refractivity contribution in [2.45, 2.75) is 13.3 Å². The first-order valence-corrected chi connectivity index (χ1v) is 7.47.